The minimum Gasteiger partial charge on any atom is -0.337 e. The molecule has 1 fully saturated rings. The normalized spacial score (nSPS) is 19.0. The minimum atomic E-state index is 0.236. The molecular formula is C20H41N4O+. The zero-order valence-corrected chi connectivity index (χ0v) is 17.9. The van der Waals surface area contributed by atoms with Crippen molar-refractivity contribution in [2.24, 2.45) is 0 Å². The Bertz CT molecular complexity index is 472. The van der Waals surface area contributed by atoms with Gasteiger partial charge in [0.1, 0.15) is 6.54 Å². The smallest absolute Gasteiger partial charge is 0.244 e. The number of carbonyl (C=O) groups excluding carboxylic acids is 1. The zero-order chi connectivity index (χ0) is 19.5. The molecule has 5 heteroatoms. The molecule has 2 aliphatic heterocycles. The Morgan fingerprint density at radius 2 is 1.60 bits per heavy atom. The van der Waals surface area contributed by atoms with E-state index in [1.165, 1.54) is 18.8 Å². The van der Waals surface area contributed by atoms with E-state index in [0.29, 0.717) is 12.6 Å². The number of nitrogens with zero attached hydrogens (tertiary/aromatic N) is 4. The van der Waals surface area contributed by atoms with Crippen molar-refractivity contribution in [3.63, 3.8) is 0 Å². The number of likely N-dealkylation sites (tertiary alicyclic amines) is 1. The molecule has 2 aliphatic rings. The Kier molecular flexibility index (Phi) is 11.4. The molecule has 0 aromatic carbocycles. The van der Waals surface area contributed by atoms with Gasteiger partial charge >= 0.3 is 0 Å². The molecule has 0 radical (unpaired) electrons. The fourth-order valence-corrected chi connectivity index (χ4v) is 3.24. The summed E-state index contributed by atoms with van der Waals surface area (Å²) in [7, 11) is 4.55. The molecule has 3 rings (SSSR count). The predicted octanol–water partition coefficient (Wildman–Crippen LogP) is 3.59. The average molecular weight is 354 g/mol. The topological polar surface area (TPSA) is 38.1 Å². The van der Waals surface area contributed by atoms with Gasteiger partial charge in [-0.15, -0.1) is 0 Å². The Balaban J connectivity index is 0.000000871. The molecule has 0 aliphatic carbocycles. The van der Waals surface area contributed by atoms with Crippen LogP contribution in [0.2, 0.25) is 0 Å². The first-order valence-corrected chi connectivity index (χ1v) is 10.2. The Labute approximate surface area is 155 Å². The fourth-order valence-electron chi connectivity index (χ4n) is 3.24. The van der Waals surface area contributed by atoms with Gasteiger partial charge in [-0.05, 0) is 6.07 Å². The molecule has 1 amide bonds. The van der Waals surface area contributed by atoms with Crippen LogP contribution in [0.5, 0.6) is 0 Å². The maximum atomic E-state index is 12.4. The number of hydrogen-bond donors (Lipinski definition) is 0. The lowest BCUT2D eigenvalue weighted by molar-refractivity contribution is -0.895. The second kappa shape index (κ2) is 12.1. The van der Waals surface area contributed by atoms with Gasteiger partial charge in [-0.1, -0.05) is 41.5 Å². The van der Waals surface area contributed by atoms with Gasteiger partial charge in [-0.2, -0.15) is 5.10 Å². The van der Waals surface area contributed by atoms with Crippen LogP contribution in [0, 0.1) is 0 Å². The molecule has 5 nitrogen and oxygen atoms in total. The van der Waals surface area contributed by atoms with Crippen LogP contribution >= 0.6 is 0 Å². The van der Waals surface area contributed by atoms with Crippen molar-refractivity contribution < 1.29 is 9.28 Å². The summed E-state index contributed by atoms with van der Waals surface area (Å²) in [5.74, 6) is 0.236. The largest absolute Gasteiger partial charge is 0.337 e. The summed E-state index contributed by atoms with van der Waals surface area (Å²) in [6.07, 6.45) is 4.97. The fraction of sp³-hybridized carbons (Fsp3) is 0.800. The first-order chi connectivity index (χ1) is 12.1. The van der Waals surface area contributed by atoms with Crippen molar-refractivity contribution in [3.05, 3.63) is 18.0 Å². The molecule has 0 atom stereocenters. The quantitative estimate of drug-likeness (QED) is 0.724. The van der Waals surface area contributed by atoms with E-state index in [1.807, 2.05) is 52.3 Å². The monoisotopic (exact) mass is 353 g/mol. The predicted molar refractivity (Wildman–Crippen MR) is 107 cm³/mol. The van der Waals surface area contributed by atoms with Crippen molar-refractivity contribution in [1.82, 2.24) is 14.7 Å². The van der Waals surface area contributed by atoms with Crippen molar-refractivity contribution in [2.45, 2.75) is 73.4 Å². The van der Waals surface area contributed by atoms with E-state index < -0.39 is 0 Å². The molecule has 146 valence electrons. The van der Waals surface area contributed by atoms with Crippen molar-refractivity contribution in [3.8, 4) is 0 Å². The molecule has 1 aromatic rings. The van der Waals surface area contributed by atoms with E-state index in [4.69, 9.17) is 0 Å². The lowest BCUT2D eigenvalue weighted by Gasteiger charge is -2.41. The van der Waals surface area contributed by atoms with Gasteiger partial charge in [0.2, 0.25) is 5.91 Å². The van der Waals surface area contributed by atoms with Crippen LogP contribution in [0.3, 0.4) is 0 Å². The molecule has 0 unspecified atom stereocenters. The lowest BCUT2D eigenvalue weighted by atomic mass is 10.0. The van der Waals surface area contributed by atoms with Crippen LogP contribution < -0.4 is 0 Å². The molecule has 3 heterocycles. The summed E-state index contributed by atoms with van der Waals surface area (Å²) in [5, 5.41) is 4.24. The number of aromatic nitrogens is 2. The van der Waals surface area contributed by atoms with Crippen LogP contribution in [0.4, 0.5) is 0 Å². The Morgan fingerprint density at radius 1 is 1.04 bits per heavy atom. The molecule has 0 spiro atoms. The minimum absolute atomic E-state index is 0.236. The van der Waals surface area contributed by atoms with Crippen molar-refractivity contribution in [2.75, 3.05) is 33.7 Å². The van der Waals surface area contributed by atoms with Gasteiger partial charge in [0, 0.05) is 43.7 Å². The average Bonchev–Trinajstić information content (AvgIpc) is 3.02. The van der Waals surface area contributed by atoms with Crippen LogP contribution in [0.15, 0.2) is 12.3 Å². The van der Waals surface area contributed by atoms with Gasteiger partial charge in [-0.3, -0.25) is 9.48 Å². The SMILES string of the molecule is CC.CC.CC.C[N+]1(C)CCC(N2CCc3ccnn3CC2=O)CC1. The summed E-state index contributed by atoms with van der Waals surface area (Å²) < 4.78 is 2.94. The number of amides is 1. The molecule has 1 aromatic heterocycles. The van der Waals surface area contributed by atoms with Gasteiger partial charge < -0.3 is 9.38 Å². The van der Waals surface area contributed by atoms with Gasteiger partial charge in [0.25, 0.3) is 0 Å². The molecule has 0 N–H and O–H groups in total. The number of quaternary nitrogens is 1. The third-order valence-electron chi connectivity index (χ3n) is 4.59. The first-order valence-electron chi connectivity index (χ1n) is 10.2. The number of carbonyl (C=O) groups is 1. The highest BCUT2D eigenvalue weighted by Gasteiger charge is 2.33. The maximum Gasteiger partial charge on any atom is 0.244 e. The summed E-state index contributed by atoms with van der Waals surface area (Å²) in [6, 6.07) is 2.46. The van der Waals surface area contributed by atoms with Crippen LogP contribution in [0.25, 0.3) is 0 Å². The van der Waals surface area contributed by atoms with Crippen molar-refractivity contribution >= 4 is 5.91 Å². The zero-order valence-electron chi connectivity index (χ0n) is 17.9. The Morgan fingerprint density at radius 3 is 2.16 bits per heavy atom. The maximum absolute atomic E-state index is 12.4. The van der Waals surface area contributed by atoms with E-state index in [-0.39, 0.29) is 5.91 Å². The molecule has 0 bridgehead atoms. The van der Waals surface area contributed by atoms with Crippen LogP contribution in [-0.4, -0.2) is 64.8 Å². The lowest BCUT2D eigenvalue weighted by Crippen LogP contribution is -2.53. The number of piperidine rings is 1. The third kappa shape index (κ3) is 6.81. The van der Waals surface area contributed by atoms with Crippen molar-refractivity contribution in [1.29, 1.82) is 0 Å². The van der Waals surface area contributed by atoms with Crippen LogP contribution in [0.1, 0.15) is 60.1 Å². The highest BCUT2D eigenvalue weighted by molar-refractivity contribution is 5.76. The highest BCUT2D eigenvalue weighted by Crippen LogP contribution is 2.21. The molecule has 0 saturated carbocycles. The van der Waals surface area contributed by atoms with E-state index in [2.05, 4.69) is 24.1 Å². The molecule has 25 heavy (non-hydrogen) atoms. The van der Waals surface area contributed by atoms with E-state index in [1.54, 1.807) is 6.20 Å². The van der Waals surface area contributed by atoms with Gasteiger partial charge in [-0.25, -0.2) is 0 Å². The van der Waals surface area contributed by atoms with Gasteiger partial charge in [0.05, 0.1) is 27.2 Å². The number of hydrogen-bond acceptors (Lipinski definition) is 2. The molecule has 1 saturated heterocycles. The standard InChI is InChI=1S/C14H23N4O.3C2H6/c1-18(2)9-5-12(6-10-18)16-8-4-13-3-7-15-17(13)11-14(16)19;3*1-2/h3,7,12H,4-6,8-11H2,1-2H3;3*1-2H3/q+1;;;. The highest BCUT2D eigenvalue weighted by atomic mass is 16.2. The van der Waals surface area contributed by atoms with E-state index in [0.717, 1.165) is 30.3 Å². The second-order valence-corrected chi connectivity index (χ2v) is 6.43. The van der Waals surface area contributed by atoms with Crippen LogP contribution in [-0.2, 0) is 17.8 Å². The third-order valence-corrected chi connectivity index (χ3v) is 4.59. The first kappa shape index (κ1) is 23.6. The second-order valence-electron chi connectivity index (χ2n) is 6.43. The summed E-state index contributed by atoms with van der Waals surface area (Å²) in [6.45, 7) is 15.6. The summed E-state index contributed by atoms with van der Waals surface area (Å²) in [4.78, 5) is 14.5. The number of fused-ring (bicyclic) bond motifs is 1. The number of rotatable bonds is 1. The summed E-state index contributed by atoms with van der Waals surface area (Å²) >= 11 is 0. The van der Waals surface area contributed by atoms with E-state index in [9.17, 15) is 4.79 Å². The summed E-state index contributed by atoms with van der Waals surface area (Å²) in [5.41, 5.74) is 1.18. The Hall–Kier alpha value is -1.36. The van der Waals surface area contributed by atoms with Gasteiger partial charge in [0.15, 0.2) is 0 Å². The van der Waals surface area contributed by atoms with E-state index >= 15 is 0 Å². The molecular weight excluding hydrogens is 312 g/mol.